The molecule has 0 bridgehead atoms. The molecule has 0 radical (unpaired) electrons. The first-order valence-electron chi connectivity index (χ1n) is 6.28. The number of thiazole rings is 1. The normalized spacial score (nSPS) is 10.7. The summed E-state index contributed by atoms with van der Waals surface area (Å²) in [5.41, 5.74) is 7.70. The highest BCUT2D eigenvalue weighted by Crippen LogP contribution is 2.29. The Morgan fingerprint density at radius 2 is 2.26 bits per heavy atom. The van der Waals surface area contributed by atoms with Gasteiger partial charge in [0.25, 0.3) is 0 Å². The van der Waals surface area contributed by atoms with Gasteiger partial charge in [0.05, 0.1) is 15.2 Å². The van der Waals surface area contributed by atoms with E-state index in [-0.39, 0.29) is 0 Å². The number of aryl methyl sites for hydroxylation is 1. The van der Waals surface area contributed by atoms with Gasteiger partial charge in [-0.15, -0.1) is 11.3 Å². The second-order valence-electron chi connectivity index (χ2n) is 4.20. The largest absolute Gasteiger partial charge is 0.486 e. The van der Waals surface area contributed by atoms with E-state index in [1.807, 2.05) is 18.2 Å². The lowest BCUT2D eigenvalue weighted by Crippen LogP contribution is -2.03. The number of benzene rings is 1. The fourth-order valence-electron chi connectivity index (χ4n) is 1.77. The summed E-state index contributed by atoms with van der Waals surface area (Å²) >= 11 is 5.19. The van der Waals surface area contributed by atoms with E-state index in [1.165, 1.54) is 5.01 Å². The van der Waals surface area contributed by atoms with Crippen molar-refractivity contribution in [1.29, 1.82) is 0 Å². The van der Waals surface area contributed by atoms with Gasteiger partial charge in [-0.2, -0.15) is 0 Å². The third-order valence-corrected chi connectivity index (χ3v) is 4.28. The Morgan fingerprint density at radius 1 is 1.42 bits per heavy atom. The van der Waals surface area contributed by atoms with Gasteiger partial charge in [0.15, 0.2) is 0 Å². The minimum absolute atomic E-state index is 0.465. The van der Waals surface area contributed by atoms with Crippen LogP contribution in [-0.2, 0) is 19.6 Å². The van der Waals surface area contributed by atoms with Gasteiger partial charge in [-0.3, -0.25) is 0 Å². The Hall–Kier alpha value is -0.910. The van der Waals surface area contributed by atoms with E-state index in [9.17, 15) is 0 Å². The van der Waals surface area contributed by atoms with Gasteiger partial charge < -0.3 is 10.5 Å². The predicted octanol–water partition coefficient (Wildman–Crippen LogP) is 3.90. The standard InChI is InChI=1S/C14H17BrN2OS/c1-2-4-13-17-11(9-19-13)8-18-14-10(7-16)5-3-6-12(14)15/h3,5-6,9H,2,4,7-8,16H2,1H3. The van der Waals surface area contributed by atoms with Crippen LogP contribution in [0.4, 0.5) is 0 Å². The van der Waals surface area contributed by atoms with Crippen molar-refractivity contribution in [2.75, 3.05) is 0 Å². The molecule has 0 aliphatic rings. The molecule has 0 saturated heterocycles. The van der Waals surface area contributed by atoms with Crippen molar-refractivity contribution in [2.24, 2.45) is 5.73 Å². The first-order chi connectivity index (χ1) is 9.24. The van der Waals surface area contributed by atoms with Crippen molar-refractivity contribution in [1.82, 2.24) is 4.98 Å². The molecule has 0 aliphatic carbocycles. The Labute approximate surface area is 125 Å². The summed E-state index contributed by atoms with van der Waals surface area (Å²) in [6.45, 7) is 3.11. The molecular formula is C14H17BrN2OS. The topological polar surface area (TPSA) is 48.1 Å². The van der Waals surface area contributed by atoms with Gasteiger partial charge >= 0.3 is 0 Å². The molecule has 2 rings (SSSR count). The predicted molar refractivity (Wildman–Crippen MR) is 82.5 cm³/mol. The highest BCUT2D eigenvalue weighted by Gasteiger charge is 2.08. The molecule has 1 aromatic heterocycles. The molecule has 1 aromatic carbocycles. The van der Waals surface area contributed by atoms with E-state index < -0.39 is 0 Å². The molecule has 0 amide bonds. The smallest absolute Gasteiger partial charge is 0.138 e. The lowest BCUT2D eigenvalue weighted by Gasteiger charge is -2.11. The number of hydrogen-bond donors (Lipinski definition) is 1. The van der Waals surface area contributed by atoms with Crippen molar-refractivity contribution < 1.29 is 4.74 Å². The van der Waals surface area contributed by atoms with Crippen LogP contribution in [0.2, 0.25) is 0 Å². The number of para-hydroxylation sites is 1. The van der Waals surface area contributed by atoms with Gasteiger partial charge in [0.2, 0.25) is 0 Å². The average Bonchev–Trinajstić information content (AvgIpc) is 2.85. The van der Waals surface area contributed by atoms with Crippen molar-refractivity contribution in [2.45, 2.75) is 32.9 Å². The zero-order valence-electron chi connectivity index (χ0n) is 10.9. The Bertz CT molecular complexity index is 542. The van der Waals surface area contributed by atoms with E-state index >= 15 is 0 Å². The van der Waals surface area contributed by atoms with Crippen LogP contribution in [0.5, 0.6) is 5.75 Å². The minimum atomic E-state index is 0.465. The highest BCUT2D eigenvalue weighted by molar-refractivity contribution is 9.10. The maximum absolute atomic E-state index is 5.85. The molecule has 0 fully saturated rings. The number of halogens is 1. The van der Waals surface area contributed by atoms with Crippen LogP contribution in [0, 0.1) is 0 Å². The van der Waals surface area contributed by atoms with Gasteiger partial charge in [-0.25, -0.2) is 4.98 Å². The van der Waals surface area contributed by atoms with Gasteiger partial charge in [-0.1, -0.05) is 19.1 Å². The van der Waals surface area contributed by atoms with Crippen molar-refractivity contribution >= 4 is 27.3 Å². The second-order valence-corrected chi connectivity index (χ2v) is 6.00. The summed E-state index contributed by atoms with van der Waals surface area (Å²) in [4.78, 5) is 4.55. The van der Waals surface area contributed by atoms with Crippen LogP contribution in [0.1, 0.15) is 29.6 Å². The van der Waals surface area contributed by atoms with Crippen LogP contribution >= 0.6 is 27.3 Å². The maximum atomic E-state index is 5.85. The first kappa shape index (κ1) is 14.5. The van der Waals surface area contributed by atoms with Crippen LogP contribution in [0.15, 0.2) is 28.1 Å². The fraction of sp³-hybridized carbons (Fsp3) is 0.357. The Kier molecular flexibility index (Phi) is 5.36. The van der Waals surface area contributed by atoms with E-state index in [1.54, 1.807) is 11.3 Å². The van der Waals surface area contributed by atoms with Crippen molar-refractivity contribution in [3.05, 3.63) is 44.3 Å². The van der Waals surface area contributed by atoms with E-state index in [4.69, 9.17) is 10.5 Å². The molecular weight excluding hydrogens is 324 g/mol. The lowest BCUT2D eigenvalue weighted by atomic mass is 10.2. The van der Waals surface area contributed by atoms with Crippen molar-refractivity contribution in [3.8, 4) is 5.75 Å². The number of rotatable bonds is 6. The Morgan fingerprint density at radius 3 is 3.00 bits per heavy atom. The Balaban J connectivity index is 2.05. The van der Waals surface area contributed by atoms with Crippen LogP contribution in [-0.4, -0.2) is 4.98 Å². The SMILES string of the molecule is CCCc1nc(COc2c(Br)cccc2CN)cs1. The van der Waals surface area contributed by atoms with E-state index in [2.05, 4.69) is 33.2 Å². The zero-order valence-corrected chi connectivity index (χ0v) is 13.3. The highest BCUT2D eigenvalue weighted by atomic mass is 79.9. The summed E-state index contributed by atoms with van der Waals surface area (Å²) in [6, 6.07) is 5.89. The minimum Gasteiger partial charge on any atom is -0.486 e. The molecule has 102 valence electrons. The van der Waals surface area contributed by atoms with Crippen LogP contribution in [0.3, 0.4) is 0 Å². The summed E-state index contributed by atoms with van der Waals surface area (Å²) in [6.07, 6.45) is 2.16. The van der Waals surface area contributed by atoms with Crippen LogP contribution in [0.25, 0.3) is 0 Å². The molecule has 0 spiro atoms. The van der Waals surface area contributed by atoms with Crippen LogP contribution < -0.4 is 10.5 Å². The molecule has 19 heavy (non-hydrogen) atoms. The molecule has 0 aliphatic heterocycles. The maximum Gasteiger partial charge on any atom is 0.138 e. The molecule has 2 aromatic rings. The van der Waals surface area contributed by atoms with E-state index in [0.717, 1.165) is 34.3 Å². The summed E-state index contributed by atoms with van der Waals surface area (Å²) in [5.74, 6) is 0.815. The molecule has 0 atom stereocenters. The summed E-state index contributed by atoms with van der Waals surface area (Å²) in [7, 11) is 0. The first-order valence-corrected chi connectivity index (χ1v) is 7.95. The van der Waals surface area contributed by atoms with E-state index in [0.29, 0.717) is 13.2 Å². The third-order valence-electron chi connectivity index (χ3n) is 2.70. The number of aromatic nitrogens is 1. The number of hydrogen-bond acceptors (Lipinski definition) is 4. The molecule has 3 nitrogen and oxygen atoms in total. The number of nitrogens with two attached hydrogens (primary N) is 1. The van der Waals surface area contributed by atoms with Gasteiger partial charge in [-0.05, 0) is 34.8 Å². The summed E-state index contributed by atoms with van der Waals surface area (Å²) in [5, 5.41) is 3.23. The summed E-state index contributed by atoms with van der Waals surface area (Å²) < 4.78 is 6.78. The molecule has 0 unspecified atom stereocenters. The fourth-order valence-corrected chi connectivity index (χ4v) is 3.17. The number of ether oxygens (including phenoxy) is 1. The average molecular weight is 341 g/mol. The third kappa shape index (κ3) is 3.78. The second kappa shape index (κ2) is 7.03. The van der Waals surface area contributed by atoms with Crippen molar-refractivity contribution in [3.63, 3.8) is 0 Å². The number of nitrogens with zero attached hydrogens (tertiary/aromatic N) is 1. The zero-order chi connectivity index (χ0) is 13.7. The monoisotopic (exact) mass is 340 g/mol. The molecule has 5 heteroatoms. The van der Waals surface area contributed by atoms with Gasteiger partial charge in [0, 0.05) is 17.5 Å². The molecule has 1 heterocycles. The molecule has 0 saturated carbocycles. The molecule has 2 N–H and O–H groups in total. The quantitative estimate of drug-likeness (QED) is 0.867. The lowest BCUT2D eigenvalue weighted by molar-refractivity contribution is 0.297. The van der Waals surface area contributed by atoms with Gasteiger partial charge in [0.1, 0.15) is 12.4 Å².